The number of nitrogens with zero attached hydrogens (tertiary/aromatic N) is 5. The van der Waals surface area contributed by atoms with Crippen molar-refractivity contribution in [3.63, 3.8) is 0 Å². The fourth-order valence-electron chi connectivity index (χ4n) is 10.0. The summed E-state index contributed by atoms with van der Waals surface area (Å²) in [6.07, 6.45) is 6.52. The van der Waals surface area contributed by atoms with Gasteiger partial charge in [0.2, 0.25) is 0 Å². The molecule has 15 nitrogen and oxygen atoms in total. The normalized spacial score (nSPS) is 36.7. The molecule has 3 fully saturated rings. The smallest absolute Gasteiger partial charge is 0.410 e. The van der Waals surface area contributed by atoms with Gasteiger partial charge in [0.1, 0.15) is 18.0 Å². The molecule has 3 aliphatic rings. The lowest BCUT2D eigenvalue weighted by atomic mass is 9.73. The number of amides is 1. The molecule has 342 valence electrons. The van der Waals surface area contributed by atoms with Crippen molar-refractivity contribution in [2.24, 2.45) is 23.7 Å². The largest absolute Gasteiger partial charge is 0.458 e. The van der Waals surface area contributed by atoms with Crippen LogP contribution >= 0.6 is 11.8 Å². The minimum absolute atomic E-state index is 0.0902. The molecular weight excluding hydrogens is 803 g/mol. The maximum atomic E-state index is 14.9. The van der Waals surface area contributed by atoms with E-state index in [-0.39, 0.29) is 30.3 Å². The maximum Gasteiger partial charge on any atom is 0.410 e. The van der Waals surface area contributed by atoms with E-state index in [1.54, 1.807) is 44.6 Å². The third kappa shape index (κ3) is 10.8. The van der Waals surface area contributed by atoms with Crippen molar-refractivity contribution < 1.29 is 47.9 Å². The van der Waals surface area contributed by atoms with Crippen LogP contribution in [0.25, 0.3) is 11.3 Å². The lowest BCUT2D eigenvalue weighted by Gasteiger charge is -2.48. The predicted molar refractivity (Wildman–Crippen MR) is 232 cm³/mol. The van der Waals surface area contributed by atoms with E-state index in [1.165, 1.54) is 11.8 Å². The van der Waals surface area contributed by atoms with E-state index in [2.05, 4.69) is 9.97 Å². The Labute approximate surface area is 366 Å². The van der Waals surface area contributed by atoms with Crippen LogP contribution in [-0.2, 0) is 44.6 Å². The number of carbonyl (C=O) groups excluding carboxylic acids is 3. The third-order valence-electron chi connectivity index (χ3n) is 13.4. The van der Waals surface area contributed by atoms with Crippen LogP contribution in [0.15, 0.2) is 37.1 Å². The number of aliphatic hydroxyl groups is 1. The Bertz CT molecular complexity index is 1750. The minimum atomic E-state index is -1.34. The van der Waals surface area contributed by atoms with E-state index >= 15 is 0 Å². The van der Waals surface area contributed by atoms with Crippen molar-refractivity contribution in [3.8, 4) is 11.3 Å². The van der Waals surface area contributed by atoms with E-state index < -0.39 is 83.7 Å². The van der Waals surface area contributed by atoms with E-state index in [1.807, 2.05) is 89.7 Å². The fourth-order valence-corrected chi connectivity index (χ4v) is 10.3. The molecule has 16 heteroatoms. The summed E-state index contributed by atoms with van der Waals surface area (Å²) in [5.41, 5.74) is -0.719. The molecule has 0 saturated carbocycles. The van der Waals surface area contributed by atoms with Gasteiger partial charge in [-0.3, -0.25) is 14.6 Å². The van der Waals surface area contributed by atoms with Crippen molar-refractivity contribution in [1.29, 1.82) is 0 Å². The molecule has 0 aromatic carbocycles. The molecule has 3 aliphatic heterocycles. The SMILES string of the molecule is CC[C@H]1OC(=O)[C@H](C)C(OCSC)[C@H](C)[C@@H](O[C@@H]2O[C@H](C)C[C@H](N(C)C)[C@H]2O)[C@](C)(OC)C[C@@H](C)C(=O)[C@H](C)C2N(CCCCn3cnc(-c4cccnc4)c3)C(=O)O[C@@]21C. The number of pyridine rings is 1. The van der Waals surface area contributed by atoms with Gasteiger partial charge in [-0.1, -0.05) is 27.7 Å². The van der Waals surface area contributed by atoms with Crippen LogP contribution in [0.1, 0.15) is 87.5 Å². The monoisotopic (exact) mass is 873 g/mol. The zero-order chi connectivity index (χ0) is 44.8. The first-order valence-corrected chi connectivity index (χ1v) is 23.3. The van der Waals surface area contributed by atoms with Crippen molar-refractivity contribution in [2.45, 2.75) is 154 Å². The minimum Gasteiger partial charge on any atom is -0.458 e. The van der Waals surface area contributed by atoms with Gasteiger partial charge in [0.15, 0.2) is 11.9 Å². The van der Waals surface area contributed by atoms with Gasteiger partial charge in [-0.05, 0) is 92.3 Å². The molecule has 5 rings (SSSR count). The number of Topliss-reactive ketones (excluding diaryl/α,β-unsaturated/α-hetero) is 1. The number of thioether (sulfide) groups is 1. The molecule has 2 unspecified atom stereocenters. The van der Waals surface area contributed by atoms with Gasteiger partial charge in [0.25, 0.3) is 0 Å². The van der Waals surface area contributed by atoms with Gasteiger partial charge >= 0.3 is 12.1 Å². The number of aromatic nitrogens is 3. The van der Waals surface area contributed by atoms with E-state index in [0.29, 0.717) is 32.4 Å². The number of unbranched alkanes of at least 4 members (excludes halogenated alkanes) is 1. The molecule has 0 bridgehead atoms. The van der Waals surface area contributed by atoms with Gasteiger partial charge in [-0.25, -0.2) is 9.78 Å². The summed E-state index contributed by atoms with van der Waals surface area (Å²) in [6, 6.07) is 2.87. The second-order valence-corrected chi connectivity index (χ2v) is 18.9. The number of hydrogen-bond acceptors (Lipinski definition) is 14. The Balaban J connectivity index is 1.47. The molecule has 5 heterocycles. The molecule has 3 saturated heterocycles. The number of methoxy groups -OCH3 is 1. The van der Waals surface area contributed by atoms with Crippen LogP contribution in [0.5, 0.6) is 0 Å². The van der Waals surface area contributed by atoms with Crippen molar-refractivity contribution in [3.05, 3.63) is 37.1 Å². The number of rotatable bonds is 14. The summed E-state index contributed by atoms with van der Waals surface area (Å²) in [4.78, 5) is 55.7. The van der Waals surface area contributed by atoms with Gasteiger partial charge in [-0.15, -0.1) is 11.8 Å². The second-order valence-electron chi connectivity index (χ2n) is 18.1. The average Bonchev–Trinajstić information content (AvgIpc) is 3.81. The fraction of sp³-hybridized carbons (Fsp3) is 0.756. The highest BCUT2D eigenvalue weighted by molar-refractivity contribution is 7.98. The highest BCUT2D eigenvalue weighted by atomic mass is 32.2. The molecule has 1 N–H and O–H groups in total. The van der Waals surface area contributed by atoms with Crippen molar-refractivity contribution in [2.75, 3.05) is 39.9 Å². The second kappa shape index (κ2) is 21.0. The lowest BCUT2D eigenvalue weighted by molar-refractivity contribution is -0.302. The Morgan fingerprint density at radius 3 is 2.43 bits per heavy atom. The van der Waals surface area contributed by atoms with Crippen molar-refractivity contribution >= 4 is 29.6 Å². The number of likely N-dealkylation sites (N-methyl/N-ethyl adjacent to an activating group) is 1. The molecular formula is C45H71N5O10S. The quantitative estimate of drug-likeness (QED) is 0.132. The summed E-state index contributed by atoms with van der Waals surface area (Å²) in [5.74, 6) is -2.94. The highest BCUT2D eigenvalue weighted by Crippen LogP contribution is 2.44. The number of ether oxygens (including phenoxy) is 6. The van der Waals surface area contributed by atoms with Gasteiger partial charge < -0.3 is 47.9 Å². The summed E-state index contributed by atoms with van der Waals surface area (Å²) in [5, 5.41) is 11.6. The summed E-state index contributed by atoms with van der Waals surface area (Å²) < 4.78 is 40.7. The van der Waals surface area contributed by atoms with Gasteiger partial charge in [0.05, 0.1) is 53.8 Å². The number of cyclic esters (lactones) is 1. The van der Waals surface area contributed by atoms with E-state index in [0.717, 1.165) is 17.7 Å². The summed E-state index contributed by atoms with van der Waals surface area (Å²) in [6.45, 7) is 16.0. The first kappa shape index (κ1) is 48.9. The molecule has 2 aromatic rings. The first-order chi connectivity index (χ1) is 28.9. The predicted octanol–water partition coefficient (Wildman–Crippen LogP) is 6.07. The number of imidazole rings is 1. The van der Waals surface area contributed by atoms with Crippen LogP contribution in [0.2, 0.25) is 0 Å². The molecule has 61 heavy (non-hydrogen) atoms. The van der Waals surface area contributed by atoms with E-state index in [9.17, 15) is 19.5 Å². The molecule has 1 amide bonds. The number of aliphatic hydroxyl groups excluding tert-OH is 1. The molecule has 0 aliphatic carbocycles. The lowest BCUT2D eigenvalue weighted by Crippen LogP contribution is -2.61. The highest BCUT2D eigenvalue weighted by Gasteiger charge is 2.60. The van der Waals surface area contributed by atoms with Crippen molar-refractivity contribution in [1.82, 2.24) is 24.3 Å². The number of hydrogen-bond donors (Lipinski definition) is 1. The Kier molecular flexibility index (Phi) is 16.9. The van der Waals surface area contributed by atoms with Crippen LogP contribution < -0.4 is 0 Å². The summed E-state index contributed by atoms with van der Waals surface area (Å²) in [7, 11) is 5.42. The van der Waals surface area contributed by atoms with Crippen LogP contribution in [0, 0.1) is 23.7 Å². The maximum absolute atomic E-state index is 14.9. The zero-order valence-electron chi connectivity index (χ0n) is 38.3. The van der Waals surface area contributed by atoms with Gasteiger partial charge in [-0.2, -0.15) is 0 Å². The first-order valence-electron chi connectivity index (χ1n) is 21.9. The topological polar surface area (TPSA) is 164 Å². The zero-order valence-corrected chi connectivity index (χ0v) is 39.1. The van der Waals surface area contributed by atoms with Gasteiger partial charge in [0, 0.05) is 68.1 Å². The number of fused-ring (bicyclic) bond motifs is 1. The number of carbonyl (C=O) groups is 3. The number of aryl methyl sites for hydroxylation is 1. The standard InChI is InChI=1S/C45H71N5O10S/c1-13-35-45(8)39(50(43(54)60-45)20-15-14-19-49-24-33(47-25-49)32-17-16-18-46-23-32)29(4)36(51)27(2)22-44(7,55-11)40(30(5)38(56-26-61-12)31(6)41(53)58-35)59-42-37(52)34(48(9)10)21-28(3)57-42/h16-18,23-25,27-31,34-35,37-40,42,52H,13-15,19-22,26H2,1-12H3/t27-,28-,29+,30+,31-,34+,35-,37-,38?,39?,40-,42+,44-,45-/m1/s1. The van der Waals surface area contributed by atoms with Crippen LogP contribution in [0.4, 0.5) is 4.79 Å². The number of ketones is 1. The molecule has 0 spiro atoms. The summed E-state index contributed by atoms with van der Waals surface area (Å²) >= 11 is 1.48. The Morgan fingerprint density at radius 2 is 1.79 bits per heavy atom. The van der Waals surface area contributed by atoms with E-state index in [4.69, 9.17) is 28.4 Å². The van der Waals surface area contributed by atoms with Crippen LogP contribution in [0.3, 0.4) is 0 Å². The Morgan fingerprint density at radius 1 is 1.07 bits per heavy atom. The Hall–Kier alpha value is -3.12. The molecule has 2 aromatic heterocycles. The molecule has 0 radical (unpaired) electrons. The van der Waals surface area contributed by atoms with Crippen LogP contribution in [-0.4, -0.2) is 147 Å². The third-order valence-corrected chi connectivity index (χ3v) is 13.7. The number of esters is 1. The average molecular weight is 874 g/mol. The molecule has 14 atom stereocenters.